The Balaban J connectivity index is 0.00000154. The molecule has 0 saturated heterocycles. The third-order valence-electron chi connectivity index (χ3n) is 4.14. The lowest BCUT2D eigenvalue weighted by Gasteiger charge is -2.28. The number of ether oxygens (including phenoxy) is 1. The number of aromatic nitrogens is 1. The molecule has 0 spiro atoms. The van der Waals surface area contributed by atoms with E-state index in [9.17, 15) is 4.79 Å². The van der Waals surface area contributed by atoms with Crippen molar-refractivity contribution in [3.63, 3.8) is 0 Å². The molecule has 33 heavy (non-hydrogen) atoms. The summed E-state index contributed by atoms with van der Waals surface area (Å²) in [5, 5.41) is 11.5. The molecule has 0 aliphatic carbocycles. The van der Waals surface area contributed by atoms with Gasteiger partial charge in [0.1, 0.15) is 5.75 Å². The van der Waals surface area contributed by atoms with Gasteiger partial charge in [0.05, 0.1) is 6.61 Å². The summed E-state index contributed by atoms with van der Waals surface area (Å²) < 4.78 is 5.72. The summed E-state index contributed by atoms with van der Waals surface area (Å²) in [4.78, 5) is 20.1. The quantitative estimate of drug-likeness (QED) is 0.495. The van der Waals surface area contributed by atoms with E-state index in [1.54, 1.807) is 11.1 Å². The lowest BCUT2D eigenvalue weighted by atomic mass is 10.2. The summed E-state index contributed by atoms with van der Waals surface area (Å²) in [5.74, 6) is 2.12. The first-order valence-corrected chi connectivity index (χ1v) is 12.0. The normalized spacial score (nSPS) is 9.73. The van der Waals surface area contributed by atoms with Crippen molar-refractivity contribution in [1.82, 2.24) is 15.2 Å². The number of nitrogens with one attached hydrogen (secondary N) is 1. The van der Waals surface area contributed by atoms with Crippen molar-refractivity contribution in [2.24, 2.45) is 5.92 Å². The Labute approximate surface area is 200 Å². The van der Waals surface area contributed by atoms with Crippen molar-refractivity contribution in [2.45, 2.75) is 48.5 Å². The van der Waals surface area contributed by atoms with Crippen LogP contribution in [0.25, 0.3) is 0 Å². The Morgan fingerprint density at radius 3 is 2.15 bits per heavy atom. The second-order valence-electron chi connectivity index (χ2n) is 7.61. The average molecular weight is 461 g/mol. The number of rotatable bonds is 10. The van der Waals surface area contributed by atoms with Crippen molar-refractivity contribution in [3.8, 4) is 11.6 Å². The zero-order valence-electron chi connectivity index (χ0n) is 21.5. The van der Waals surface area contributed by atoms with E-state index in [0.29, 0.717) is 19.0 Å². The highest BCUT2D eigenvalue weighted by atomic mass is 16.5. The number of urea groups is 1. The molecule has 0 radical (unpaired) electrons. The van der Waals surface area contributed by atoms with Crippen molar-refractivity contribution in [3.05, 3.63) is 48.7 Å². The Morgan fingerprint density at radius 2 is 1.67 bits per heavy atom. The first-order valence-electron chi connectivity index (χ1n) is 12.0. The molecule has 2 amide bonds. The highest BCUT2D eigenvalue weighted by molar-refractivity contribution is 5.74. The van der Waals surface area contributed by atoms with Crippen LogP contribution in [0.5, 0.6) is 11.6 Å². The van der Waals surface area contributed by atoms with Crippen LogP contribution in [-0.2, 0) is 0 Å². The Hall–Kier alpha value is -2.80. The summed E-state index contributed by atoms with van der Waals surface area (Å²) in [6, 6.07) is 13.2. The van der Waals surface area contributed by atoms with Crippen molar-refractivity contribution >= 4 is 11.7 Å². The molecule has 1 aromatic carbocycles. The highest BCUT2D eigenvalue weighted by Crippen LogP contribution is 2.23. The number of benzene rings is 1. The maximum absolute atomic E-state index is 12.1. The fraction of sp³-hybridized carbons (Fsp3) is 0.538. The second-order valence-corrected chi connectivity index (χ2v) is 7.61. The number of nitrogens with zero attached hydrogens (tertiary/aromatic N) is 3. The summed E-state index contributed by atoms with van der Waals surface area (Å²) in [6.45, 7) is 17.5. The third kappa shape index (κ3) is 13.4. The Bertz CT molecular complexity index is 721. The van der Waals surface area contributed by atoms with E-state index >= 15 is 0 Å². The largest absolute Gasteiger partial charge is 0.439 e. The monoisotopic (exact) mass is 460 g/mol. The van der Waals surface area contributed by atoms with Crippen molar-refractivity contribution in [2.75, 3.05) is 44.2 Å². The van der Waals surface area contributed by atoms with Crippen LogP contribution >= 0.6 is 0 Å². The van der Waals surface area contributed by atoms with E-state index in [2.05, 4.69) is 42.9 Å². The minimum atomic E-state index is -0.151. The molecule has 0 fully saturated rings. The van der Waals surface area contributed by atoms with E-state index in [0.717, 1.165) is 30.4 Å². The lowest BCUT2D eigenvalue weighted by molar-refractivity contribution is 0.197. The number of aliphatic hydroxyl groups is 1. The van der Waals surface area contributed by atoms with E-state index < -0.39 is 0 Å². The molecule has 0 aliphatic rings. The molecule has 2 rings (SSSR count). The van der Waals surface area contributed by atoms with Crippen molar-refractivity contribution in [1.29, 1.82) is 0 Å². The number of amides is 2. The molecule has 0 unspecified atom stereocenters. The van der Waals surface area contributed by atoms with Crippen LogP contribution in [0.1, 0.15) is 48.5 Å². The predicted molar refractivity (Wildman–Crippen MR) is 138 cm³/mol. The van der Waals surface area contributed by atoms with Crippen LogP contribution < -0.4 is 15.0 Å². The number of aliphatic hydroxyl groups excluding tert-OH is 1. The standard InChI is InChI=1S/C20H28N4O3.C4H10.C2H6/c1-3-23(14-15-24(4-2)20(26)22-13-16-25)17-8-10-18(11-9-17)27-19-7-5-6-12-21-19;1-4(2)3;1-2/h5-12,25H,3-4,13-16H2,1-2H3,(H,22,26);4H,1-3H3;1-2H3. The molecule has 7 nitrogen and oxygen atoms in total. The smallest absolute Gasteiger partial charge is 0.317 e. The number of hydrogen-bond donors (Lipinski definition) is 2. The van der Waals surface area contributed by atoms with E-state index in [-0.39, 0.29) is 19.2 Å². The SMILES string of the molecule is CC.CC(C)C.CCN(CCN(CC)c1ccc(Oc2ccccn2)cc1)C(=O)NCCO. The molecule has 0 bridgehead atoms. The molecule has 0 aliphatic heterocycles. The lowest BCUT2D eigenvalue weighted by Crippen LogP contribution is -2.44. The van der Waals surface area contributed by atoms with Crippen molar-refractivity contribution < 1.29 is 14.6 Å². The van der Waals surface area contributed by atoms with Gasteiger partial charge in [0.15, 0.2) is 0 Å². The first-order chi connectivity index (χ1) is 15.9. The fourth-order valence-corrected chi connectivity index (χ4v) is 2.64. The van der Waals surface area contributed by atoms with Crippen LogP contribution in [0, 0.1) is 5.92 Å². The van der Waals surface area contributed by atoms with Gasteiger partial charge in [-0.05, 0) is 50.1 Å². The van der Waals surface area contributed by atoms with Gasteiger partial charge in [-0.25, -0.2) is 9.78 Å². The van der Waals surface area contributed by atoms with Gasteiger partial charge in [0, 0.05) is 50.7 Å². The van der Waals surface area contributed by atoms with Crippen LogP contribution in [0.15, 0.2) is 48.7 Å². The maximum atomic E-state index is 12.1. The molecular weight excluding hydrogens is 416 g/mol. The van der Waals surface area contributed by atoms with Gasteiger partial charge in [-0.2, -0.15) is 0 Å². The van der Waals surface area contributed by atoms with Gasteiger partial charge in [-0.3, -0.25) is 0 Å². The van der Waals surface area contributed by atoms with Crippen LogP contribution in [0.3, 0.4) is 0 Å². The zero-order valence-corrected chi connectivity index (χ0v) is 21.5. The number of carbonyl (C=O) groups is 1. The molecule has 0 atom stereocenters. The zero-order chi connectivity index (χ0) is 25.1. The van der Waals surface area contributed by atoms with Crippen LogP contribution in [0.4, 0.5) is 10.5 Å². The number of likely N-dealkylation sites (N-methyl/N-ethyl adjacent to an activating group) is 2. The average Bonchev–Trinajstić information content (AvgIpc) is 2.83. The Kier molecular flexibility index (Phi) is 17.2. The minimum Gasteiger partial charge on any atom is -0.439 e. The molecule has 0 saturated carbocycles. The van der Waals surface area contributed by atoms with Gasteiger partial charge >= 0.3 is 6.03 Å². The number of hydrogen-bond acceptors (Lipinski definition) is 5. The number of pyridine rings is 1. The molecule has 7 heteroatoms. The summed E-state index contributed by atoms with van der Waals surface area (Å²) in [7, 11) is 0. The molecule has 2 aromatic rings. The summed E-state index contributed by atoms with van der Waals surface area (Å²) >= 11 is 0. The van der Waals surface area contributed by atoms with Gasteiger partial charge in [-0.1, -0.05) is 40.7 Å². The fourth-order valence-electron chi connectivity index (χ4n) is 2.64. The van der Waals surface area contributed by atoms with Crippen LogP contribution in [0.2, 0.25) is 0 Å². The van der Waals surface area contributed by atoms with Gasteiger partial charge in [0.25, 0.3) is 0 Å². The second kappa shape index (κ2) is 18.7. The van der Waals surface area contributed by atoms with E-state index in [1.807, 2.05) is 63.2 Å². The minimum absolute atomic E-state index is 0.0582. The predicted octanol–water partition coefficient (Wildman–Crippen LogP) is 5.41. The number of carbonyl (C=O) groups excluding carboxylic acids is 1. The first kappa shape index (κ1) is 30.2. The number of anilines is 1. The summed E-state index contributed by atoms with van der Waals surface area (Å²) in [5.41, 5.74) is 1.07. The molecule has 186 valence electrons. The van der Waals surface area contributed by atoms with E-state index in [1.165, 1.54) is 0 Å². The molecule has 2 N–H and O–H groups in total. The van der Waals surface area contributed by atoms with Gasteiger partial charge in [-0.15, -0.1) is 0 Å². The highest BCUT2D eigenvalue weighted by Gasteiger charge is 2.13. The van der Waals surface area contributed by atoms with Gasteiger partial charge in [0.2, 0.25) is 5.88 Å². The molecule has 1 heterocycles. The van der Waals surface area contributed by atoms with E-state index in [4.69, 9.17) is 9.84 Å². The molecular formula is C26H44N4O3. The van der Waals surface area contributed by atoms with Crippen LogP contribution in [-0.4, -0.2) is 60.4 Å². The molecule has 1 aromatic heterocycles. The third-order valence-corrected chi connectivity index (χ3v) is 4.14. The van der Waals surface area contributed by atoms with Gasteiger partial charge < -0.3 is 25.0 Å². The Morgan fingerprint density at radius 1 is 1.03 bits per heavy atom. The maximum Gasteiger partial charge on any atom is 0.317 e. The topological polar surface area (TPSA) is 77.9 Å². The summed E-state index contributed by atoms with van der Waals surface area (Å²) in [6.07, 6.45) is 1.69.